The number of hydrogen-bond acceptors (Lipinski definition) is 5. The molecule has 1 atom stereocenters. The fraction of sp³-hybridized carbons (Fsp3) is 0.333. The van der Waals surface area contributed by atoms with Crippen molar-refractivity contribution in [3.63, 3.8) is 0 Å². The predicted molar refractivity (Wildman–Crippen MR) is 99.6 cm³/mol. The van der Waals surface area contributed by atoms with Crippen LogP contribution in [0.1, 0.15) is 38.3 Å². The number of alkyl carbamates (subject to hydrolysis) is 1. The maximum absolute atomic E-state index is 12.4. The fourth-order valence-electron chi connectivity index (χ4n) is 2.06. The summed E-state index contributed by atoms with van der Waals surface area (Å²) in [6.07, 6.45) is 2.39. The topological polar surface area (TPSA) is 77.8 Å². The summed E-state index contributed by atoms with van der Waals surface area (Å²) in [5, 5.41) is 2.53. The molecule has 0 fully saturated rings. The summed E-state index contributed by atoms with van der Waals surface area (Å²) in [4.78, 5) is 24.5. The van der Waals surface area contributed by atoms with Crippen molar-refractivity contribution in [2.24, 2.45) is 0 Å². The van der Waals surface area contributed by atoms with E-state index in [1.165, 1.54) is 12.5 Å². The molecule has 0 aliphatic heterocycles. The zero-order valence-corrected chi connectivity index (χ0v) is 15.7. The third-order valence-corrected chi connectivity index (χ3v) is 3.26. The minimum Gasteiger partial charge on any atom is -0.471 e. The average Bonchev–Trinajstić information content (AvgIpc) is 3.11. The molecule has 0 bridgehead atoms. The van der Waals surface area contributed by atoms with Crippen LogP contribution in [0.2, 0.25) is 0 Å². The minimum atomic E-state index is -0.942. The van der Waals surface area contributed by atoms with E-state index in [1.54, 1.807) is 26.8 Å². The minimum absolute atomic E-state index is 0.0814. The van der Waals surface area contributed by atoms with E-state index in [1.807, 2.05) is 30.3 Å². The van der Waals surface area contributed by atoms with E-state index in [9.17, 15) is 9.59 Å². The van der Waals surface area contributed by atoms with Gasteiger partial charge in [-0.3, -0.25) is 0 Å². The van der Waals surface area contributed by atoms with Crippen molar-refractivity contribution in [3.8, 4) is 11.8 Å². The first-order chi connectivity index (χ1) is 12.8. The van der Waals surface area contributed by atoms with Crippen molar-refractivity contribution >= 4 is 12.1 Å². The van der Waals surface area contributed by atoms with E-state index in [0.717, 1.165) is 5.56 Å². The molecule has 0 aliphatic rings. The van der Waals surface area contributed by atoms with Gasteiger partial charge < -0.3 is 19.2 Å². The van der Waals surface area contributed by atoms with Crippen LogP contribution in [-0.4, -0.2) is 23.7 Å². The number of esters is 1. The lowest BCUT2D eigenvalue weighted by Gasteiger charge is -2.22. The van der Waals surface area contributed by atoms with Gasteiger partial charge in [-0.05, 0) is 32.4 Å². The summed E-state index contributed by atoms with van der Waals surface area (Å²) in [6, 6.07) is 10.1. The first-order valence-electron chi connectivity index (χ1n) is 8.54. The molecule has 0 saturated carbocycles. The largest absolute Gasteiger partial charge is 0.471 e. The maximum atomic E-state index is 12.4. The van der Waals surface area contributed by atoms with E-state index < -0.39 is 23.7 Å². The standard InChI is InChI=1S/C21H23NO5/c1-21(2,3)27-20(24)22-18(11-7-10-17-12-13-25-14-17)19(23)26-15-16-8-5-4-6-9-16/h4-6,8-9,12-14,18H,11,15H2,1-3H3,(H,22,24). The van der Waals surface area contributed by atoms with Gasteiger partial charge in [0.15, 0.2) is 0 Å². The predicted octanol–water partition coefficient (Wildman–Crippen LogP) is 3.66. The Morgan fingerprint density at radius 2 is 1.93 bits per heavy atom. The van der Waals surface area contributed by atoms with Gasteiger partial charge in [-0.1, -0.05) is 42.2 Å². The number of ether oxygens (including phenoxy) is 2. The quantitative estimate of drug-likeness (QED) is 0.643. The molecule has 0 saturated heterocycles. The van der Waals surface area contributed by atoms with Crippen LogP contribution in [0.25, 0.3) is 0 Å². The second-order valence-electron chi connectivity index (χ2n) is 6.81. The second kappa shape index (κ2) is 9.48. The number of carbonyl (C=O) groups excluding carboxylic acids is 2. The van der Waals surface area contributed by atoms with E-state index in [2.05, 4.69) is 17.2 Å². The molecule has 2 aromatic rings. The molecular weight excluding hydrogens is 346 g/mol. The summed E-state index contributed by atoms with van der Waals surface area (Å²) < 4.78 is 15.5. The highest BCUT2D eigenvalue weighted by molar-refractivity contribution is 5.81. The van der Waals surface area contributed by atoms with E-state index in [4.69, 9.17) is 13.9 Å². The molecule has 1 heterocycles. The number of carbonyl (C=O) groups is 2. The first-order valence-corrected chi connectivity index (χ1v) is 8.54. The number of rotatable bonds is 5. The van der Waals surface area contributed by atoms with Gasteiger partial charge in [-0.2, -0.15) is 0 Å². The summed E-state index contributed by atoms with van der Waals surface area (Å²) in [6.45, 7) is 5.34. The Kier molecular flexibility index (Phi) is 7.07. The van der Waals surface area contributed by atoms with E-state index in [-0.39, 0.29) is 13.0 Å². The Bertz CT molecular complexity index is 795. The summed E-state index contributed by atoms with van der Waals surface area (Å²) >= 11 is 0. The van der Waals surface area contributed by atoms with Crippen LogP contribution < -0.4 is 5.32 Å². The van der Waals surface area contributed by atoms with Crippen LogP contribution in [0.5, 0.6) is 0 Å². The Morgan fingerprint density at radius 3 is 2.56 bits per heavy atom. The van der Waals surface area contributed by atoms with Crippen LogP contribution in [0.15, 0.2) is 53.3 Å². The normalized spacial score (nSPS) is 11.7. The van der Waals surface area contributed by atoms with Gasteiger partial charge >= 0.3 is 12.1 Å². The van der Waals surface area contributed by atoms with Crippen LogP contribution in [0.4, 0.5) is 4.79 Å². The molecule has 1 unspecified atom stereocenters. The molecule has 1 aromatic heterocycles. The molecule has 6 heteroatoms. The molecular formula is C21H23NO5. The number of amides is 1. The molecule has 142 valence electrons. The molecule has 0 aliphatic carbocycles. The van der Waals surface area contributed by atoms with Crippen LogP contribution >= 0.6 is 0 Å². The lowest BCUT2D eigenvalue weighted by atomic mass is 10.2. The Balaban J connectivity index is 2.00. The van der Waals surface area contributed by atoms with E-state index >= 15 is 0 Å². The van der Waals surface area contributed by atoms with Crippen molar-refractivity contribution in [2.45, 2.75) is 45.4 Å². The Hall–Kier alpha value is -3.20. The molecule has 0 radical (unpaired) electrons. The van der Waals surface area contributed by atoms with Crippen LogP contribution in [0.3, 0.4) is 0 Å². The SMILES string of the molecule is CC(C)(C)OC(=O)NC(CC#Cc1ccoc1)C(=O)OCc1ccccc1. The number of benzene rings is 1. The van der Waals surface area contributed by atoms with Gasteiger partial charge in [0.2, 0.25) is 0 Å². The first kappa shape index (κ1) is 20.1. The Labute approximate surface area is 158 Å². The molecule has 2 rings (SSSR count). The van der Waals surface area contributed by atoms with Crippen molar-refractivity contribution in [1.82, 2.24) is 5.32 Å². The molecule has 1 N–H and O–H groups in total. The third kappa shape index (κ3) is 7.70. The van der Waals surface area contributed by atoms with Crippen molar-refractivity contribution in [1.29, 1.82) is 0 Å². The highest BCUT2D eigenvalue weighted by atomic mass is 16.6. The van der Waals surface area contributed by atoms with Crippen molar-refractivity contribution < 1.29 is 23.5 Å². The van der Waals surface area contributed by atoms with Gasteiger partial charge in [-0.25, -0.2) is 9.59 Å². The molecule has 27 heavy (non-hydrogen) atoms. The van der Waals surface area contributed by atoms with Gasteiger partial charge in [0.25, 0.3) is 0 Å². The highest BCUT2D eigenvalue weighted by Gasteiger charge is 2.25. The average molecular weight is 369 g/mol. The lowest BCUT2D eigenvalue weighted by Crippen LogP contribution is -2.44. The van der Waals surface area contributed by atoms with Gasteiger partial charge in [-0.15, -0.1) is 0 Å². The number of nitrogens with one attached hydrogen (secondary N) is 1. The van der Waals surface area contributed by atoms with Gasteiger partial charge in [0, 0.05) is 6.42 Å². The van der Waals surface area contributed by atoms with Crippen molar-refractivity contribution in [2.75, 3.05) is 0 Å². The van der Waals surface area contributed by atoms with Crippen LogP contribution in [0, 0.1) is 11.8 Å². The lowest BCUT2D eigenvalue weighted by molar-refractivity contribution is -0.147. The molecule has 1 amide bonds. The highest BCUT2D eigenvalue weighted by Crippen LogP contribution is 2.09. The van der Waals surface area contributed by atoms with E-state index in [0.29, 0.717) is 5.56 Å². The number of hydrogen-bond donors (Lipinski definition) is 1. The van der Waals surface area contributed by atoms with Crippen molar-refractivity contribution in [3.05, 3.63) is 60.1 Å². The summed E-state index contributed by atoms with van der Waals surface area (Å²) in [5.41, 5.74) is 0.862. The molecule has 1 aromatic carbocycles. The monoisotopic (exact) mass is 369 g/mol. The summed E-state index contributed by atoms with van der Waals surface area (Å²) in [7, 11) is 0. The Morgan fingerprint density at radius 1 is 1.19 bits per heavy atom. The molecule has 0 spiro atoms. The zero-order valence-electron chi connectivity index (χ0n) is 15.7. The second-order valence-corrected chi connectivity index (χ2v) is 6.81. The number of furan rings is 1. The fourth-order valence-corrected chi connectivity index (χ4v) is 2.06. The van der Waals surface area contributed by atoms with Gasteiger partial charge in [0.05, 0.1) is 11.8 Å². The molecule has 6 nitrogen and oxygen atoms in total. The summed E-state index contributed by atoms with van der Waals surface area (Å²) in [5.74, 6) is 5.14. The third-order valence-electron chi connectivity index (χ3n) is 3.26. The maximum Gasteiger partial charge on any atom is 0.408 e. The zero-order chi connectivity index (χ0) is 19.7. The smallest absolute Gasteiger partial charge is 0.408 e. The van der Waals surface area contributed by atoms with Gasteiger partial charge in [0.1, 0.15) is 24.5 Å². The van der Waals surface area contributed by atoms with Crippen LogP contribution in [-0.2, 0) is 20.9 Å².